The summed E-state index contributed by atoms with van der Waals surface area (Å²) in [6.45, 7) is 9.76. The van der Waals surface area contributed by atoms with E-state index in [4.69, 9.17) is 30.5 Å². The summed E-state index contributed by atoms with van der Waals surface area (Å²) in [6.07, 6.45) is 11.7. The summed E-state index contributed by atoms with van der Waals surface area (Å²) in [5.74, 6) is -2.50. The summed E-state index contributed by atoms with van der Waals surface area (Å²) >= 11 is 0. The molecule has 0 heterocycles. The second kappa shape index (κ2) is 24.1. The van der Waals surface area contributed by atoms with E-state index in [1.807, 2.05) is 13.0 Å². The van der Waals surface area contributed by atoms with Crippen molar-refractivity contribution in [2.24, 2.45) is 17.8 Å². The van der Waals surface area contributed by atoms with Crippen LogP contribution in [-0.4, -0.2) is 90.9 Å². The largest absolute Gasteiger partial charge is 0.481 e. The second-order valence-electron chi connectivity index (χ2n) is 10.9. The molecule has 12 heteroatoms. The molecule has 7 atom stereocenters. The Balaban J connectivity index is 5.87. The zero-order valence-corrected chi connectivity index (χ0v) is 27.7. The molecule has 0 aliphatic rings. The van der Waals surface area contributed by atoms with Gasteiger partial charge in [-0.15, -0.1) is 6.42 Å². The average molecular weight is 639 g/mol. The minimum absolute atomic E-state index is 0.0603. The third-order valence-corrected chi connectivity index (χ3v) is 6.92. The number of esters is 1. The number of carboxylic acids is 1. The molecule has 0 saturated heterocycles. The number of carboxylic acid groups (broad SMARTS) is 1. The first-order chi connectivity index (χ1) is 21.4. The van der Waals surface area contributed by atoms with Gasteiger partial charge in [-0.25, -0.2) is 0 Å². The van der Waals surface area contributed by atoms with Crippen LogP contribution in [0.15, 0.2) is 36.1 Å². The van der Waals surface area contributed by atoms with Crippen LogP contribution >= 0.6 is 0 Å². The molecule has 0 spiro atoms. The van der Waals surface area contributed by atoms with E-state index >= 15 is 0 Å². The predicted molar refractivity (Wildman–Crippen MR) is 170 cm³/mol. The fraction of sp³-hybridized carbons (Fsp3) is 0.667. The van der Waals surface area contributed by atoms with Gasteiger partial charge in [0.2, 0.25) is 5.91 Å². The molecule has 45 heavy (non-hydrogen) atoms. The van der Waals surface area contributed by atoms with Gasteiger partial charge in [0.15, 0.2) is 6.29 Å². The minimum Gasteiger partial charge on any atom is -0.481 e. The Kier molecular flexibility index (Phi) is 22.4. The van der Waals surface area contributed by atoms with Crippen LogP contribution in [0.2, 0.25) is 0 Å². The molecule has 0 bridgehead atoms. The number of aliphatic hydroxyl groups is 2. The molecule has 256 valence electrons. The summed E-state index contributed by atoms with van der Waals surface area (Å²) in [7, 11) is 1.62. The van der Waals surface area contributed by atoms with Gasteiger partial charge in [0, 0.05) is 13.7 Å². The number of aliphatic carboxylic acids is 1. The van der Waals surface area contributed by atoms with Gasteiger partial charge in [-0.05, 0) is 57.0 Å². The lowest BCUT2D eigenvalue weighted by atomic mass is 9.90. The molecule has 1 amide bonds. The first-order valence-electron chi connectivity index (χ1n) is 15.4. The minimum atomic E-state index is -1.58. The van der Waals surface area contributed by atoms with Crippen LogP contribution in [0.1, 0.15) is 67.2 Å². The molecule has 5 unspecified atom stereocenters. The summed E-state index contributed by atoms with van der Waals surface area (Å²) < 4.78 is 21.9. The van der Waals surface area contributed by atoms with Gasteiger partial charge >= 0.3 is 11.9 Å². The van der Waals surface area contributed by atoms with Crippen molar-refractivity contribution in [2.45, 2.75) is 97.9 Å². The highest BCUT2D eigenvalue weighted by Gasteiger charge is 2.39. The molecule has 5 N–H and O–H groups in total. The number of carbonyl (C=O) groups is 3. The predicted octanol–water partition coefficient (Wildman–Crippen LogP) is 2.90. The number of hydrogen-bond acceptors (Lipinski definition) is 10. The van der Waals surface area contributed by atoms with Crippen LogP contribution in [0.4, 0.5) is 0 Å². The maximum Gasteiger partial charge on any atom is 0.310 e. The van der Waals surface area contributed by atoms with Gasteiger partial charge in [0.05, 0.1) is 36.7 Å². The summed E-state index contributed by atoms with van der Waals surface area (Å²) in [5, 5.41) is 36.1. The van der Waals surface area contributed by atoms with Crippen molar-refractivity contribution in [3.8, 4) is 12.3 Å². The van der Waals surface area contributed by atoms with Crippen molar-refractivity contribution in [3.63, 3.8) is 0 Å². The normalized spacial score (nSPS) is 16.9. The molecule has 0 aromatic rings. The second-order valence-corrected chi connectivity index (χ2v) is 10.9. The summed E-state index contributed by atoms with van der Waals surface area (Å²) in [5.41, 5.74) is 0.534. The highest BCUT2D eigenvalue weighted by molar-refractivity contribution is 5.79. The molecule has 12 nitrogen and oxygen atoms in total. The smallest absolute Gasteiger partial charge is 0.310 e. The van der Waals surface area contributed by atoms with Crippen LogP contribution < -0.4 is 10.6 Å². The lowest BCUT2D eigenvalue weighted by Crippen LogP contribution is -2.51. The van der Waals surface area contributed by atoms with Crippen molar-refractivity contribution in [3.05, 3.63) is 36.1 Å². The SMILES string of the molecule is C#C/C=C(\C=C/C)CC(C(=O)O)[C@@H](OC(=O)C(C)C)[C@H](C)OC(O)C(CC)NC(=O)C(CN/C=C\C(CCC)OC)COCO. The number of hydrogen-bond donors (Lipinski definition) is 5. The molecular weight excluding hydrogens is 584 g/mol. The van der Waals surface area contributed by atoms with Gasteiger partial charge in [0.25, 0.3) is 0 Å². The third-order valence-electron chi connectivity index (χ3n) is 6.92. The number of nitrogens with one attached hydrogen (secondary N) is 2. The number of terminal acetylenes is 1. The number of amides is 1. The Morgan fingerprint density at radius 2 is 1.82 bits per heavy atom. The molecule has 0 radical (unpaired) electrons. The third kappa shape index (κ3) is 16.6. The monoisotopic (exact) mass is 638 g/mol. The maximum absolute atomic E-state index is 13.2. The zero-order chi connectivity index (χ0) is 34.4. The number of methoxy groups -OCH3 is 1. The Labute approximate surface area is 268 Å². The van der Waals surface area contributed by atoms with Gasteiger partial charge in [0.1, 0.15) is 18.8 Å². The first-order valence-corrected chi connectivity index (χ1v) is 15.4. The van der Waals surface area contributed by atoms with E-state index in [1.54, 1.807) is 53.2 Å². The van der Waals surface area contributed by atoms with Crippen LogP contribution in [0.25, 0.3) is 0 Å². The molecule has 0 aromatic carbocycles. The van der Waals surface area contributed by atoms with Crippen molar-refractivity contribution in [2.75, 3.05) is 27.1 Å². The van der Waals surface area contributed by atoms with E-state index in [0.29, 0.717) is 5.57 Å². The summed E-state index contributed by atoms with van der Waals surface area (Å²) in [4.78, 5) is 38.2. The van der Waals surface area contributed by atoms with Gasteiger partial charge < -0.3 is 44.9 Å². The highest BCUT2D eigenvalue weighted by Crippen LogP contribution is 2.25. The molecule has 0 fully saturated rings. The van der Waals surface area contributed by atoms with Gasteiger partial charge in [-0.1, -0.05) is 52.2 Å². The molecular formula is C33H54N2O10. The van der Waals surface area contributed by atoms with E-state index < -0.39 is 66.9 Å². The molecule has 0 saturated carbocycles. The quantitative estimate of drug-likeness (QED) is 0.0455. The fourth-order valence-corrected chi connectivity index (χ4v) is 4.32. The molecule has 0 aromatic heterocycles. The van der Waals surface area contributed by atoms with Crippen LogP contribution in [0.5, 0.6) is 0 Å². The number of aliphatic hydroxyl groups excluding tert-OH is 2. The van der Waals surface area contributed by atoms with E-state index in [-0.39, 0.29) is 32.1 Å². The van der Waals surface area contributed by atoms with E-state index in [1.165, 1.54) is 13.0 Å². The maximum atomic E-state index is 13.2. The Morgan fingerprint density at radius 1 is 1.13 bits per heavy atom. The van der Waals surface area contributed by atoms with Crippen molar-refractivity contribution in [1.29, 1.82) is 0 Å². The summed E-state index contributed by atoms with van der Waals surface area (Å²) in [6, 6.07) is -0.904. The Hall–Kier alpha value is -3.21. The Morgan fingerprint density at radius 3 is 2.33 bits per heavy atom. The van der Waals surface area contributed by atoms with Crippen LogP contribution in [0, 0.1) is 30.1 Å². The topological polar surface area (TPSA) is 173 Å². The van der Waals surface area contributed by atoms with Crippen molar-refractivity contribution in [1.82, 2.24) is 10.6 Å². The number of ether oxygens (including phenoxy) is 4. The zero-order valence-electron chi connectivity index (χ0n) is 27.7. The lowest BCUT2D eigenvalue weighted by molar-refractivity contribution is -0.201. The van der Waals surface area contributed by atoms with Crippen LogP contribution in [-0.2, 0) is 33.3 Å². The van der Waals surface area contributed by atoms with E-state index in [0.717, 1.165) is 12.8 Å². The molecule has 0 aliphatic carbocycles. The Bertz CT molecular complexity index is 1000. The number of allylic oxidation sites excluding steroid dienone is 4. The first kappa shape index (κ1) is 41.8. The fourth-order valence-electron chi connectivity index (χ4n) is 4.32. The van der Waals surface area contributed by atoms with Crippen molar-refractivity contribution < 1.29 is 48.7 Å². The standard InChI is InChI=1S/C33H54N2O10/c1-9-13-24(14-10-2)18-27(31(38)39)29(45-32(40)22(5)6)23(7)44-33(41)28(12-4)35-30(37)25(20-43-21-36)19-34-17-16-26(42-8)15-11-3/h1,10,13-14,16-17,22-23,25-29,33-34,36,41H,11-12,15,18-21H2,2-8H3,(H,35,37)(H,38,39)/b14-10-,17-16-,24-13+/t23-,25?,26?,27?,28?,29-,33?/m0/s1. The lowest BCUT2D eigenvalue weighted by Gasteiger charge is -2.33. The number of rotatable bonds is 24. The highest BCUT2D eigenvalue weighted by atomic mass is 16.6. The van der Waals surface area contributed by atoms with E-state index in [2.05, 4.69) is 16.6 Å². The average Bonchev–Trinajstić information content (AvgIpc) is 2.99. The van der Waals surface area contributed by atoms with Gasteiger partial charge in [-0.3, -0.25) is 14.4 Å². The van der Waals surface area contributed by atoms with Crippen molar-refractivity contribution >= 4 is 17.8 Å². The van der Waals surface area contributed by atoms with Gasteiger partial charge in [-0.2, -0.15) is 0 Å². The molecule has 0 rings (SSSR count). The number of carbonyl (C=O) groups excluding carboxylic acids is 2. The van der Waals surface area contributed by atoms with Crippen LogP contribution in [0.3, 0.4) is 0 Å². The van der Waals surface area contributed by atoms with E-state index in [9.17, 15) is 24.6 Å². The molecule has 0 aliphatic heterocycles.